The van der Waals surface area contributed by atoms with Crippen LogP contribution in [0.25, 0.3) is 0 Å². The molecule has 0 amide bonds. The number of para-hydroxylation sites is 1. The van der Waals surface area contributed by atoms with Crippen molar-refractivity contribution in [3.05, 3.63) is 29.8 Å². The first-order chi connectivity index (χ1) is 8.70. The summed E-state index contributed by atoms with van der Waals surface area (Å²) in [6, 6.07) is 6.84. The van der Waals surface area contributed by atoms with Gasteiger partial charge < -0.3 is 5.11 Å². The Labute approximate surface area is 110 Å². The molecule has 0 aliphatic carbocycles. The van der Waals surface area contributed by atoms with Crippen molar-refractivity contribution in [2.24, 2.45) is 5.92 Å². The summed E-state index contributed by atoms with van der Waals surface area (Å²) in [4.78, 5) is 12.3. The summed E-state index contributed by atoms with van der Waals surface area (Å²) in [6.07, 6.45) is 6.53. The number of carbonyl (C=O) groups excluding carboxylic acids is 1. The predicted molar refractivity (Wildman–Crippen MR) is 75.0 cm³/mol. The van der Waals surface area contributed by atoms with Gasteiger partial charge in [-0.2, -0.15) is 0 Å². The highest BCUT2D eigenvalue weighted by Crippen LogP contribution is 2.24. The first-order valence-electron chi connectivity index (χ1n) is 7.02. The Balaban J connectivity index is 2.59. The lowest BCUT2D eigenvalue weighted by atomic mass is 9.90. The zero-order valence-electron chi connectivity index (χ0n) is 11.5. The zero-order chi connectivity index (χ0) is 13.4. The van der Waals surface area contributed by atoms with Crippen molar-refractivity contribution in [2.75, 3.05) is 0 Å². The van der Waals surface area contributed by atoms with Crippen LogP contribution < -0.4 is 0 Å². The van der Waals surface area contributed by atoms with E-state index in [4.69, 9.17) is 0 Å². The topological polar surface area (TPSA) is 37.3 Å². The smallest absolute Gasteiger partial charge is 0.169 e. The summed E-state index contributed by atoms with van der Waals surface area (Å²) in [5.41, 5.74) is 0.472. The number of phenolic OH excluding ortho intramolecular Hbond substituents is 1. The third kappa shape index (κ3) is 4.17. The van der Waals surface area contributed by atoms with Gasteiger partial charge in [-0.25, -0.2) is 0 Å². The number of unbranched alkanes of at least 4 members (excludes halogenated alkanes) is 3. The molecular weight excluding hydrogens is 224 g/mol. The number of ketones is 1. The molecule has 0 fully saturated rings. The third-order valence-electron chi connectivity index (χ3n) is 3.44. The minimum atomic E-state index is 0.0511. The Bertz CT molecular complexity index is 371. The van der Waals surface area contributed by atoms with Gasteiger partial charge in [-0.1, -0.05) is 51.7 Å². The lowest BCUT2D eigenvalue weighted by Crippen LogP contribution is -2.14. The van der Waals surface area contributed by atoms with Crippen LogP contribution in [0.15, 0.2) is 24.3 Å². The standard InChI is InChI=1S/C16H24O2/c1-3-5-6-7-10-13(4-2)16(18)14-11-8-9-12-15(14)17/h8-9,11-13,17H,3-7,10H2,1-2H3. The molecule has 18 heavy (non-hydrogen) atoms. The van der Waals surface area contributed by atoms with Crippen LogP contribution in [0.2, 0.25) is 0 Å². The summed E-state index contributed by atoms with van der Waals surface area (Å²) in [5.74, 6) is 0.247. The molecule has 1 aromatic rings. The van der Waals surface area contributed by atoms with Crippen LogP contribution >= 0.6 is 0 Å². The zero-order valence-corrected chi connectivity index (χ0v) is 11.5. The van der Waals surface area contributed by atoms with Crippen LogP contribution in [0.5, 0.6) is 5.75 Å². The molecule has 1 unspecified atom stereocenters. The molecule has 2 nitrogen and oxygen atoms in total. The average molecular weight is 248 g/mol. The molecule has 2 heteroatoms. The molecule has 0 aliphatic heterocycles. The average Bonchev–Trinajstić information content (AvgIpc) is 2.39. The van der Waals surface area contributed by atoms with Crippen LogP contribution in [-0.2, 0) is 0 Å². The molecule has 0 saturated carbocycles. The van der Waals surface area contributed by atoms with Gasteiger partial charge >= 0.3 is 0 Å². The molecule has 1 aromatic carbocycles. The van der Waals surface area contributed by atoms with Crippen LogP contribution in [0, 0.1) is 5.92 Å². The van der Waals surface area contributed by atoms with E-state index in [1.807, 2.05) is 6.92 Å². The normalized spacial score (nSPS) is 12.3. The Morgan fingerprint density at radius 1 is 1.17 bits per heavy atom. The second-order valence-corrected chi connectivity index (χ2v) is 4.84. The quantitative estimate of drug-likeness (QED) is 0.540. The van der Waals surface area contributed by atoms with E-state index >= 15 is 0 Å². The van der Waals surface area contributed by atoms with Gasteiger partial charge in [-0.3, -0.25) is 4.79 Å². The maximum Gasteiger partial charge on any atom is 0.169 e. The lowest BCUT2D eigenvalue weighted by Gasteiger charge is -2.14. The minimum Gasteiger partial charge on any atom is -0.507 e. The molecule has 1 N–H and O–H groups in total. The Morgan fingerprint density at radius 2 is 1.89 bits per heavy atom. The summed E-state index contributed by atoms with van der Waals surface area (Å²) in [5, 5.41) is 9.71. The van der Waals surface area contributed by atoms with Gasteiger partial charge in [0.15, 0.2) is 5.78 Å². The second kappa shape index (κ2) is 7.91. The number of benzene rings is 1. The number of carbonyl (C=O) groups is 1. The number of Topliss-reactive ketones (excluding diaryl/α,β-unsaturated/α-hetero) is 1. The first kappa shape index (κ1) is 14.7. The van der Waals surface area contributed by atoms with Crippen molar-refractivity contribution in [3.8, 4) is 5.75 Å². The second-order valence-electron chi connectivity index (χ2n) is 4.84. The molecule has 1 atom stereocenters. The fraction of sp³-hybridized carbons (Fsp3) is 0.562. The summed E-state index contributed by atoms with van der Waals surface area (Å²) in [7, 11) is 0. The monoisotopic (exact) mass is 248 g/mol. The summed E-state index contributed by atoms with van der Waals surface area (Å²) >= 11 is 0. The van der Waals surface area contributed by atoms with Gasteiger partial charge in [0.1, 0.15) is 5.75 Å². The fourth-order valence-corrected chi connectivity index (χ4v) is 2.24. The molecule has 0 spiro atoms. The van der Waals surface area contributed by atoms with E-state index in [0.717, 1.165) is 19.3 Å². The van der Waals surface area contributed by atoms with Crippen molar-refractivity contribution in [3.63, 3.8) is 0 Å². The first-order valence-corrected chi connectivity index (χ1v) is 7.02. The van der Waals surface area contributed by atoms with Crippen LogP contribution in [-0.4, -0.2) is 10.9 Å². The number of phenols is 1. The van der Waals surface area contributed by atoms with Gasteiger partial charge in [0.2, 0.25) is 0 Å². The summed E-state index contributed by atoms with van der Waals surface area (Å²) < 4.78 is 0. The van der Waals surface area contributed by atoms with Crippen molar-refractivity contribution in [1.82, 2.24) is 0 Å². The van der Waals surface area contributed by atoms with Crippen molar-refractivity contribution in [1.29, 1.82) is 0 Å². The van der Waals surface area contributed by atoms with Crippen molar-refractivity contribution >= 4 is 5.78 Å². The molecule has 0 heterocycles. The van der Waals surface area contributed by atoms with Gasteiger partial charge in [-0.15, -0.1) is 0 Å². The maximum atomic E-state index is 12.3. The van der Waals surface area contributed by atoms with Crippen LogP contribution in [0.4, 0.5) is 0 Å². The minimum absolute atomic E-state index is 0.0511. The van der Waals surface area contributed by atoms with Crippen molar-refractivity contribution in [2.45, 2.75) is 52.4 Å². The molecule has 0 radical (unpaired) electrons. The van der Waals surface area contributed by atoms with E-state index in [1.54, 1.807) is 24.3 Å². The van der Waals surface area contributed by atoms with Gasteiger partial charge in [-0.05, 0) is 25.0 Å². The highest BCUT2D eigenvalue weighted by atomic mass is 16.3. The van der Waals surface area contributed by atoms with Gasteiger partial charge in [0.25, 0.3) is 0 Å². The highest BCUT2D eigenvalue weighted by Gasteiger charge is 2.20. The van der Waals surface area contributed by atoms with E-state index in [2.05, 4.69) is 6.92 Å². The van der Waals surface area contributed by atoms with Gasteiger partial charge in [0.05, 0.1) is 5.56 Å². The molecule has 0 aromatic heterocycles. The van der Waals surface area contributed by atoms with E-state index in [9.17, 15) is 9.90 Å². The van der Waals surface area contributed by atoms with E-state index in [0.29, 0.717) is 5.56 Å². The largest absolute Gasteiger partial charge is 0.507 e. The Morgan fingerprint density at radius 3 is 2.50 bits per heavy atom. The maximum absolute atomic E-state index is 12.3. The van der Waals surface area contributed by atoms with Crippen LogP contribution in [0.1, 0.15) is 62.7 Å². The number of rotatable bonds is 8. The summed E-state index contributed by atoms with van der Waals surface area (Å²) in [6.45, 7) is 4.23. The lowest BCUT2D eigenvalue weighted by molar-refractivity contribution is 0.0905. The third-order valence-corrected chi connectivity index (χ3v) is 3.44. The molecule has 0 aliphatic rings. The van der Waals surface area contributed by atoms with Gasteiger partial charge in [0, 0.05) is 5.92 Å². The Hall–Kier alpha value is -1.31. The SMILES string of the molecule is CCCCCCC(CC)C(=O)c1ccccc1O. The molecule has 100 valence electrons. The van der Waals surface area contributed by atoms with Crippen LogP contribution in [0.3, 0.4) is 0 Å². The number of hydrogen-bond donors (Lipinski definition) is 1. The Kier molecular flexibility index (Phi) is 6.48. The molecule has 0 bridgehead atoms. The number of hydrogen-bond acceptors (Lipinski definition) is 2. The molecule has 0 saturated heterocycles. The molecular formula is C16H24O2. The molecule has 1 rings (SSSR count). The van der Waals surface area contributed by atoms with E-state index < -0.39 is 0 Å². The highest BCUT2D eigenvalue weighted by molar-refractivity contribution is 6.00. The fourth-order valence-electron chi connectivity index (χ4n) is 2.24. The number of aromatic hydroxyl groups is 1. The predicted octanol–water partition coefficient (Wildman–Crippen LogP) is 4.57. The van der Waals surface area contributed by atoms with Crippen molar-refractivity contribution < 1.29 is 9.90 Å². The van der Waals surface area contributed by atoms with E-state index in [-0.39, 0.29) is 17.5 Å². The van der Waals surface area contributed by atoms with E-state index in [1.165, 1.54) is 19.3 Å².